The molecule has 0 atom stereocenters. The molecule has 0 saturated carbocycles. The third kappa shape index (κ3) is 2.75. The second-order valence-electron chi connectivity index (χ2n) is 5.39. The van der Waals surface area contributed by atoms with E-state index in [1.54, 1.807) is 41.3 Å². The summed E-state index contributed by atoms with van der Waals surface area (Å²) in [4.78, 5) is 13.8. The van der Waals surface area contributed by atoms with E-state index in [1.165, 1.54) is 12.2 Å². The predicted molar refractivity (Wildman–Crippen MR) is 86.9 cm³/mol. The van der Waals surface area contributed by atoms with Crippen molar-refractivity contribution in [2.45, 2.75) is 10.8 Å². The van der Waals surface area contributed by atoms with E-state index in [4.69, 9.17) is 11.6 Å². The van der Waals surface area contributed by atoms with Gasteiger partial charge in [0.1, 0.15) is 10.8 Å². The van der Waals surface area contributed by atoms with E-state index in [-0.39, 0.29) is 6.03 Å². The van der Waals surface area contributed by atoms with E-state index in [0.29, 0.717) is 23.7 Å². The number of nitrogens with one attached hydrogen (secondary N) is 1. The predicted octanol–water partition coefficient (Wildman–Crippen LogP) is 1.94. The molecule has 1 fully saturated rings. The Balaban J connectivity index is 2.13. The number of carbonyl (C=O) groups excluding carboxylic acids is 1. The van der Waals surface area contributed by atoms with Crippen molar-refractivity contribution < 1.29 is 17.8 Å². The largest absolute Gasteiger partial charge is 0.336 e. The molecule has 1 aliphatic carbocycles. The highest BCUT2D eigenvalue weighted by atomic mass is 35.5. The van der Waals surface area contributed by atoms with Gasteiger partial charge in [0.05, 0.1) is 0 Å². The van der Waals surface area contributed by atoms with Gasteiger partial charge in [0, 0.05) is 23.7 Å². The highest BCUT2D eigenvalue weighted by Gasteiger charge is 2.42. The third-order valence-electron chi connectivity index (χ3n) is 4.03. The lowest BCUT2D eigenvalue weighted by atomic mass is 9.84. The maximum atomic E-state index is 12.2. The number of urea groups is 1. The minimum absolute atomic E-state index is 0.260. The lowest BCUT2D eigenvalue weighted by Crippen LogP contribution is -2.47. The van der Waals surface area contributed by atoms with Crippen LogP contribution in [0.25, 0.3) is 0 Å². The van der Waals surface area contributed by atoms with Gasteiger partial charge >= 0.3 is 6.03 Å². The van der Waals surface area contributed by atoms with E-state index in [0.717, 1.165) is 0 Å². The van der Waals surface area contributed by atoms with Gasteiger partial charge in [-0.1, -0.05) is 54.1 Å². The fourth-order valence-corrected chi connectivity index (χ4v) is 3.76. The van der Waals surface area contributed by atoms with Crippen LogP contribution in [-0.4, -0.2) is 42.2 Å². The number of carbonyl (C=O) groups is 1. The molecule has 1 aromatic rings. The van der Waals surface area contributed by atoms with E-state index in [1.807, 2.05) is 0 Å². The van der Waals surface area contributed by atoms with Crippen LogP contribution in [0.3, 0.4) is 0 Å². The molecule has 2 N–H and O–H groups in total. The molecule has 2 aliphatic rings. The van der Waals surface area contributed by atoms with Crippen LogP contribution in [0.1, 0.15) is 5.56 Å². The van der Waals surface area contributed by atoms with Crippen molar-refractivity contribution in [3.8, 4) is 0 Å². The number of rotatable bonds is 3. The Morgan fingerprint density at radius 3 is 2.43 bits per heavy atom. The molecule has 1 aliphatic heterocycles. The number of hydrogen-bond donors (Lipinski definition) is 2. The summed E-state index contributed by atoms with van der Waals surface area (Å²) in [5.74, 6) is 0. The smallest absolute Gasteiger partial charge is 0.318 e. The Labute approximate surface area is 139 Å². The summed E-state index contributed by atoms with van der Waals surface area (Å²) >= 11 is 6.31. The van der Waals surface area contributed by atoms with Crippen molar-refractivity contribution in [2.75, 3.05) is 13.1 Å². The first kappa shape index (κ1) is 16.0. The maximum Gasteiger partial charge on any atom is 0.318 e. The van der Waals surface area contributed by atoms with Crippen LogP contribution in [0.15, 0.2) is 48.6 Å². The van der Waals surface area contributed by atoms with Crippen molar-refractivity contribution in [1.82, 2.24) is 10.2 Å². The number of amides is 2. The Morgan fingerprint density at radius 2 is 1.91 bits per heavy atom. The molecule has 1 saturated heterocycles. The first-order valence-corrected chi connectivity index (χ1v) is 8.88. The van der Waals surface area contributed by atoms with Gasteiger partial charge in [-0.2, -0.15) is 8.42 Å². The molecule has 1 heterocycles. The van der Waals surface area contributed by atoms with Gasteiger partial charge in [-0.3, -0.25) is 4.55 Å². The maximum absolute atomic E-state index is 12.2. The summed E-state index contributed by atoms with van der Waals surface area (Å²) in [5.41, 5.74) is -0.319. The summed E-state index contributed by atoms with van der Waals surface area (Å²) in [7, 11) is -4.23. The highest BCUT2D eigenvalue weighted by molar-refractivity contribution is 7.86. The number of hydrogen-bond acceptors (Lipinski definition) is 3. The van der Waals surface area contributed by atoms with Crippen molar-refractivity contribution in [3.63, 3.8) is 0 Å². The lowest BCUT2D eigenvalue weighted by Gasteiger charge is -2.39. The van der Waals surface area contributed by atoms with Gasteiger partial charge in [-0.05, 0) is 6.07 Å². The summed E-state index contributed by atoms with van der Waals surface area (Å²) < 4.78 is 31.8. The minimum atomic E-state index is -4.23. The third-order valence-corrected chi connectivity index (χ3v) is 5.36. The van der Waals surface area contributed by atoms with Gasteiger partial charge in [0.15, 0.2) is 0 Å². The molecule has 0 radical (unpaired) electrons. The van der Waals surface area contributed by atoms with Crippen LogP contribution < -0.4 is 5.32 Å². The molecule has 2 amide bonds. The van der Waals surface area contributed by atoms with Crippen LogP contribution in [0.2, 0.25) is 5.02 Å². The highest BCUT2D eigenvalue weighted by Crippen LogP contribution is 2.39. The first-order valence-electron chi connectivity index (χ1n) is 7.00. The molecule has 1 aromatic carbocycles. The summed E-state index contributed by atoms with van der Waals surface area (Å²) in [6.45, 7) is 0.948. The number of halogens is 1. The van der Waals surface area contributed by atoms with E-state index >= 15 is 0 Å². The molecule has 0 bridgehead atoms. The Kier molecular flexibility index (Phi) is 3.95. The summed E-state index contributed by atoms with van der Waals surface area (Å²) in [5, 5.41) is 2.06. The van der Waals surface area contributed by atoms with Gasteiger partial charge < -0.3 is 10.2 Å². The average molecular weight is 355 g/mol. The average Bonchev–Trinajstić information content (AvgIpc) is 2.93. The Bertz CT molecular complexity index is 789. The van der Waals surface area contributed by atoms with Gasteiger partial charge in [0.25, 0.3) is 10.1 Å². The van der Waals surface area contributed by atoms with Gasteiger partial charge in [-0.25, -0.2) is 4.79 Å². The zero-order valence-electron chi connectivity index (χ0n) is 12.0. The second-order valence-corrected chi connectivity index (χ2v) is 7.37. The molecule has 6 nitrogen and oxygen atoms in total. The number of nitrogens with zero attached hydrogens (tertiary/aromatic N) is 1. The van der Waals surface area contributed by atoms with Crippen molar-refractivity contribution in [2.24, 2.45) is 0 Å². The minimum Gasteiger partial charge on any atom is -0.336 e. The molecule has 8 heteroatoms. The van der Waals surface area contributed by atoms with Crippen molar-refractivity contribution in [1.29, 1.82) is 0 Å². The normalized spacial score (nSPS) is 27.3. The zero-order chi connectivity index (χ0) is 16.7. The molecular weight excluding hydrogens is 340 g/mol. The molecule has 0 aromatic heterocycles. The van der Waals surface area contributed by atoms with Crippen molar-refractivity contribution >= 4 is 27.8 Å². The summed E-state index contributed by atoms with van der Waals surface area (Å²) in [6.07, 6.45) is 5.92. The van der Waals surface area contributed by atoms with Gasteiger partial charge in [0.2, 0.25) is 0 Å². The quantitative estimate of drug-likeness (QED) is 0.641. The van der Waals surface area contributed by atoms with Crippen LogP contribution in [0.5, 0.6) is 0 Å². The number of benzene rings is 1. The molecule has 3 rings (SSSR count). The monoisotopic (exact) mass is 354 g/mol. The molecular formula is C15H15ClN2O4S. The molecule has 0 spiro atoms. The fraction of sp³-hybridized carbons (Fsp3) is 0.267. The first-order chi connectivity index (χ1) is 10.8. The van der Waals surface area contributed by atoms with Crippen LogP contribution in [-0.2, 0) is 15.7 Å². The van der Waals surface area contributed by atoms with Crippen LogP contribution in [0, 0.1) is 0 Å². The van der Waals surface area contributed by atoms with Gasteiger partial charge in [-0.15, -0.1) is 0 Å². The standard InChI is InChI=1S/C15H15ClN2O4S/c16-13-4-2-1-3-12(13)15(18-10-9-17-14(18)19)7-5-11(6-8-15)23(20,21)22/h1-8,11H,9-10H2,(H,17,19)(H,20,21,22). The summed E-state index contributed by atoms with van der Waals surface area (Å²) in [6, 6.07) is 6.82. The SMILES string of the molecule is O=C1NCCN1C1(c2ccccc2Cl)C=CC(S(=O)(=O)O)C=C1. The fourth-order valence-electron chi connectivity index (χ4n) is 2.92. The topological polar surface area (TPSA) is 86.7 Å². The molecule has 122 valence electrons. The zero-order valence-corrected chi connectivity index (χ0v) is 13.6. The molecule has 23 heavy (non-hydrogen) atoms. The Hall–Kier alpha value is -1.83. The Morgan fingerprint density at radius 1 is 1.26 bits per heavy atom. The van der Waals surface area contributed by atoms with Crippen LogP contribution >= 0.6 is 11.6 Å². The lowest BCUT2D eigenvalue weighted by molar-refractivity contribution is 0.187. The van der Waals surface area contributed by atoms with Crippen LogP contribution in [0.4, 0.5) is 4.79 Å². The van der Waals surface area contributed by atoms with E-state index in [9.17, 15) is 17.8 Å². The second kappa shape index (κ2) is 5.67. The van der Waals surface area contributed by atoms with E-state index < -0.39 is 20.9 Å². The van der Waals surface area contributed by atoms with Crippen molar-refractivity contribution in [3.05, 3.63) is 59.2 Å². The molecule has 0 unspecified atom stereocenters. The van der Waals surface area contributed by atoms with E-state index in [2.05, 4.69) is 5.32 Å².